The molecule has 1 aliphatic rings. The van der Waals surface area contributed by atoms with Crippen molar-refractivity contribution in [3.63, 3.8) is 0 Å². The molecule has 3 nitrogen and oxygen atoms in total. The van der Waals surface area contributed by atoms with Crippen LogP contribution in [-0.4, -0.2) is 30.6 Å². The maximum Gasteiger partial charge on any atom is 0.193 e. The van der Waals surface area contributed by atoms with Crippen molar-refractivity contribution in [1.82, 2.24) is 10.2 Å². The first-order valence-corrected chi connectivity index (χ1v) is 6.36. The fourth-order valence-electron chi connectivity index (χ4n) is 1.92. The van der Waals surface area contributed by atoms with E-state index in [1.807, 2.05) is 6.07 Å². The number of rotatable bonds is 7. The summed E-state index contributed by atoms with van der Waals surface area (Å²) in [5, 5.41) is 3.83. The van der Waals surface area contributed by atoms with Gasteiger partial charge in [-0.15, -0.1) is 12.4 Å². The lowest BCUT2D eigenvalue weighted by molar-refractivity contribution is 0.275. The normalized spacial score (nSPS) is 15.0. The molecule has 2 rings (SSSR count). The molecule has 0 atom stereocenters. The highest BCUT2D eigenvalue weighted by molar-refractivity contribution is 6.28. The molecule has 5 heteroatoms. The Labute approximate surface area is 114 Å². The monoisotopic (exact) mass is 278 g/mol. The molecule has 0 aliphatic heterocycles. The van der Waals surface area contributed by atoms with E-state index in [1.165, 1.54) is 12.8 Å². The summed E-state index contributed by atoms with van der Waals surface area (Å²) in [7, 11) is 0. The van der Waals surface area contributed by atoms with Gasteiger partial charge in [0.15, 0.2) is 5.22 Å². The van der Waals surface area contributed by atoms with E-state index >= 15 is 0 Å². The van der Waals surface area contributed by atoms with Gasteiger partial charge in [0.1, 0.15) is 5.76 Å². The van der Waals surface area contributed by atoms with Crippen molar-refractivity contribution in [2.75, 3.05) is 19.6 Å². The van der Waals surface area contributed by atoms with E-state index in [1.54, 1.807) is 6.07 Å². The van der Waals surface area contributed by atoms with E-state index in [0.29, 0.717) is 5.22 Å². The third kappa shape index (κ3) is 4.88. The Hall–Kier alpha value is -0.220. The Kier molecular flexibility index (Phi) is 6.34. The molecule has 1 aliphatic carbocycles. The summed E-state index contributed by atoms with van der Waals surface area (Å²) < 4.78 is 5.27. The number of furan rings is 1. The average Bonchev–Trinajstić information content (AvgIpc) is 3.03. The Morgan fingerprint density at radius 1 is 1.47 bits per heavy atom. The molecule has 1 aromatic rings. The minimum atomic E-state index is 0. The van der Waals surface area contributed by atoms with Crippen LogP contribution in [0.4, 0.5) is 0 Å². The van der Waals surface area contributed by atoms with Crippen LogP contribution in [0.2, 0.25) is 5.22 Å². The molecule has 98 valence electrons. The predicted octanol–water partition coefficient (Wildman–Crippen LogP) is 2.93. The lowest BCUT2D eigenvalue weighted by atomic mass is 10.4. The molecular weight excluding hydrogens is 259 g/mol. The molecule has 1 heterocycles. The van der Waals surface area contributed by atoms with Crippen LogP contribution < -0.4 is 5.32 Å². The number of likely N-dealkylation sites (N-methyl/N-ethyl adjacent to an activating group) is 1. The molecule has 1 saturated carbocycles. The smallest absolute Gasteiger partial charge is 0.193 e. The van der Waals surface area contributed by atoms with Crippen molar-refractivity contribution in [3.05, 3.63) is 23.1 Å². The summed E-state index contributed by atoms with van der Waals surface area (Å²) in [4.78, 5) is 2.53. The van der Waals surface area contributed by atoms with Gasteiger partial charge in [0.05, 0.1) is 6.54 Å². The first kappa shape index (κ1) is 14.8. The zero-order valence-electron chi connectivity index (χ0n) is 10.1. The Balaban J connectivity index is 0.00000144. The fraction of sp³-hybridized carbons (Fsp3) is 0.667. The van der Waals surface area contributed by atoms with E-state index in [0.717, 1.165) is 38.0 Å². The lowest BCUT2D eigenvalue weighted by Gasteiger charge is -2.19. The molecule has 0 aromatic carbocycles. The average molecular weight is 279 g/mol. The minimum Gasteiger partial charge on any atom is -0.448 e. The van der Waals surface area contributed by atoms with Crippen LogP contribution in [0.5, 0.6) is 0 Å². The van der Waals surface area contributed by atoms with Crippen molar-refractivity contribution >= 4 is 24.0 Å². The molecule has 1 fully saturated rings. The van der Waals surface area contributed by atoms with Crippen molar-refractivity contribution in [3.8, 4) is 0 Å². The van der Waals surface area contributed by atoms with Gasteiger partial charge in [0.25, 0.3) is 0 Å². The van der Waals surface area contributed by atoms with Crippen molar-refractivity contribution < 1.29 is 4.42 Å². The van der Waals surface area contributed by atoms with Crippen LogP contribution in [0.25, 0.3) is 0 Å². The number of nitrogens with zero attached hydrogens (tertiary/aromatic N) is 1. The van der Waals surface area contributed by atoms with Gasteiger partial charge in [-0.1, -0.05) is 6.92 Å². The Morgan fingerprint density at radius 2 is 2.24 bits per heavy atom. The fourth-order valence-corrected chi connectivity index (χ4v) is 2.08. The number of halogens is 2. The molecule has 0 bridgehead atoms. The van der Waals surface area contributed by atoms with E-state index in [9.17, 15) is 0 Å². The molecule has 17 heavy (non-hydrogen) atoms. The summed E-state index contributed by atoms with van der Waals surface area (Å²) in [5.74, 6) is 0.902. The molecule has 1 N–H and O–H groups in total. The molecule has 0 unspecified atom stereocenters. The van der Waals surface area contributed by atoms with E-state index in [4.69, 9.17) is 16.0 Å². The van der Waals surface area contributed by atoms with Crippen molar-refractivity contribution in [1.29, 1.82) is 0 Å². The van der Waals surface area contributed by atoms with Gasteiger partial charge in [-0.3, -0.25) is 4.90 Å². The molecular formula is C12H20Cl2N2O. The second-order valence-electron chi connectivity index (χ2n) is 4.24. The highest BCUT2D eigenvalue weighted by Gasteiger charge is 2.26. The van der Waals surface area contributed by atoms with Crippen LogP contribution in [0, 0.1) is 0 Å². The van der Waals surface area contributed by atoms with E-state index < -0.39 is 0 Å². The summed E-state index contributed by atoms with van der Waals surface area (Å²) in [6.07, 6.45) is 2.75. The first-order chi connectivity index (χ1) is 7.79. The summed E-state index contributed by atoms with van der Waals surface area (Å²) in [6, 6.07) is 4.54. The Bertz CT molecular complexity index is 326. The van der Waals surface area contributed by atoms with Crippen molar-refractivity contribution in [2.24, 2.45) is 0 Å². The highest BCUT2D eigenvalue weighted by Crippen LogP contribution is 2.25. The van der Waals surface area contributed by atoms with Crippen LogP contribution in [-0.2, 0) is 6.54 Å². The summed E-state index contributed by atoms with van der Waals surface area (Å²) in [5.41, 5.74) is 0. The molecule has 0 spiro atoms. The van der Waals surface area contributed by atoms with Crippen LogP contribution in [0.15, 0.2) is 16.5 Å². The van der Waals surface area contributed by atoms with Crippen LogP contribution in [0.3, 0.4) is 0 Å². The second kappa shape index (κ2) is 7.27. The zero-order valence-corrected chi connectivity index (χ0v) is 11.7. The maximum atomic E-state index is 5.69. The van der Waals surface area contributed by atoms with E-state index in [-0.39, 0.29) is 12.4 Å². The second-order valence-corrected chi connectivity index (χ2v) is 4.61. The number of hydrogen-bond acceptors (Lipinski definition) is 3. The van der Waals surface area contributed by atoms with Crippen LogP contribution >= 0.6 is 24.0 Å². The Morgan fingerprint density at radius 3 is 2.76 bits per heavy atom. The zero-order chi connectivity index (χ0) is 11.4. The third-order valence-electron chi connectivity index (χ3n) is 2.97. The van der Waals surface area contributed by atoms with Gasteiger partial charge in [-0.25, -0.2) is 0 Å². The molecule has 0 amide bonds. The van der Waals surface area contributed by atoms with Gasteiger partial charge >= 0.3 is 0 Å². The van der Waals surface area contributed by atoms with Gasteiger partial charge < -0.3 is 9.73 Å². The lowest BCUT2D eigenvalue weighted by Crippen LogP contribution is -2.33. The number of hydrogen-bond donors (Lipinski definition) is 1. The summed E-state index contributed by atoms with van der Waals surface area (Å²) >= 11 is 5.69. The SMILES string of the molecule is CCN(CCNCc1ccc(Cl)o1)C1CC1.Cl. The van der Waals surface area contributed by atoms with E-state index in [2.05, 4.69) is 17.1 Å². The molecule has 0 radical (unpaired) electrons. The third-order valence-corrected chi connectivity index (χ3v) is 3.18. The predicted molar refractivity (Wildman–Crippen MR) is 72.9 cm³/mol. The van der Waals surface area contributed by atoms with Crippen molar-refractivity contribution in [2.45, 2.75) is 32.4 Å². The standard InChI is InChI=1S/C12H19ClN2O.ClH/c1-2-15(10-3-4-10)8-7-14-9-11-5-6-12(13)16-11;/h5-6,10,14H,2-4,7-9H2,1H3;1H. The van der Waals surface area contributed by atoms with Gasteiger partial charge in [0.2, 0.25) is 0 Å². The first-order valence-electron chi connectivity index (χ1n) is 5.98. The molecule has 1 aromatic heterocycles. The largest absolute Gasteiger partial charge is 0.448 e. The maximum absolute atomic E-state index is 5.69. The minimum absolute atomic E-state index is 0. The number of nitrogens with one attached hydrogen (secondary N) is 1. The summed E-state index contributed by atoms with van der Waals surface area (Å²) in [6.45, 7) is 6.26. The van der Waals surface area contributed by atoms with Gasteiger partial charge in [-0.05, 0) is 43.1 Å². The van der Waals surface area contributed by atoms with Gasteiger partial charge in [0, 0.05) is 19.1 Å². The highest BCUT2D eigenvalue weighted by atomic mass is 35.5. The quantitative estimate of drug-likeness (QED) is 0.778. The molecule has 0 saturated heterocycles. The topological polar surface area (TPSA) is 28.4 Å². The van der Waals surface area contributed by atoms with Crippen LogP contribution in [0.1, 0.15) is 25.5 Å². The van der Waals surface area contributed by atoms with Gasteiger partial charge in [-0.2, -0.15) is 0 Å².